The first-order valence-electron chi connectivity index (χ1n) is 6.21. The minimum Gasteiger partial charge on any atom is -0.378 e. The van der Waals surface area contributed by atoms with Gasteiger partial charge in [0.1, 0.15) is 5.69 Å². The summed E-state index contributed by atoms with van der Waals surface area (Å²) in [5.41, 5.74) is 0.152. The van der Waals surface area contributed by atoms with E-state index in [1.807, 2.05) is 27.9 Å². The summed E-state index contributed by atoms with van der Waals surface area (Å²) in [6.45, 7) is 5.33. The van der Waals surface area contributed by atoms with Crippen LogP contribution in [-0.2, 0) is 11.3 Å². The van der Waals surface area contributed by atoms with E-state index in [4.69, 9.17) is 4.74 Å². The summed E-state index contributed by atoms with van der Waals surface area (Å²) < 4.78 is 7.80. The van der Waals surface area contributed by atoms with Gasteiger partial charge in [-0.1, -0.05) is 0 Å². The second kappa shape index (κ2) is 6.63. The van der Waals surface area contributed by atoms with Gasteiger partial charge in [0.05, 0.1) is 22.8 Å². The number of carbonyl (C=O) groups excluding carboxylic acids is 1. The van der Waals surface area contributed by atoms with Gasteiger partial charge >= 0.3 is 0 Å². The summed E-state index contributed by atoms with van der Waals surface area (Å²) in [6.07, 6.45) is 2.00. The van der Waals surface area contributed by atoms with Gasteiger partial charge in [-0.25, -0.2) is 0 Å². The van der Waals surface area contributed by atoms with Gasteiger partial charge in [-0.2, -0.15) is 5.10 Å². The van der Waals surface area contributed by atoms with Crippen molar-refractivity contribution in [3.63, 3.8) is 0 Å². The summed E-state index contributed by atoms with van der Waals surface area (Å²) in [6, 6.07) is 0. The fourth-order valence-corrected chi connectivity index (χ4v) is 2.16. The standard InChI is InChI=1S/C13H22BrN3O2/c1-13(2,19-5)8-11(18)12-10(14)9-15-17(12)7-6-16(3)4/h9H,6-8H2,1-5H3. The quantitative estimate of drug-likeness (QED) is 0.718. The number of halogens is 1. The predicted molar refractivity (Wildman–Crippen MR) is 78.5 cm³/mol. The molecule has 0 aromatic carbocycles. The number of likely N-dealkylation sites (N-methyl/N-ethyl adjacent to an activating group) is 1. The van der Waals surface area contributed by atoms with Gasteiger partial charge < -0.3 is 9.64 Å². The fraction of sp³-hybridized carbons (Fsp3) is 0.692. The van der Waals surface area contributed by atoms with E-state index in [0.717, 1.165) is 11.0 Å². The number of hydrogen-bond donors (Lipinski definition) is 0. The largest absolute Gasteiger partial charge is 0.378 e. The van der Waals surface area contributed by atoms with Crippen LogP contribution in [0, 0.1) is 0 Å². The van der Waals surface area contributed by atoms with Gasteiger partial charge in [-0.05, 0) is 43.9 Å². The highest BCUT2D eigenvalue weighted by Crippen LogP contribution is 2.22. The first kappa shape index (κ1) is 16.3. The number of methoxy groups -OCH3 is 1. The third-order valence-corrected chi connectivity index (χ3v) is 3.54. The average molecular weight is 332 g/mol. The van der Waals surface area contributed by atoms with Gasteiger partial charge in [0.25, 0.3) is 0 Å². The summed E-state index contributed by atoms with van der Waals surface area (Å²) in [4.78, 5) is 14.4. The molecule has 0 unspecified atom stereocenters. The number of Topliss-reactive ketones (excluding diaryl/α,β-unsaturated/α-hetero) is 1. The number of carbonyl (C=O) groups is 1. The van der Waals surface area contributed by atoms with E-state index >= 15 is 0 Å². The molecule has 1 aromatic rings. The molecule has 0 aliphatic heterocycles. The topological polar surface area (TPSA) is 47.4 Å². The van der Waals surface area contributed by atoms with Gasteiger partial charge in [0.15, 0.2) is 5.78 Å². The van der Waals surface area contributed by atoms with Crippen LogP contribution >= 0.6 is 15.9 Å². The maximum absolute atomic E-state index is 12.4. The molecule has 108 valence electrons. The van der Waals surface area contributed by atoms with E-state index < -0.39 is 5.60 Å². The zero-order chi connectivity index (χ0) is 14.6. The molecule has 1 rings (SSSR count). The highest BCUT2D eigenvalue weighted by atomic mass is 79.9. The first-order valence-corrected chi connectivity index (χ1v) is 7.00. The molecule has 0 bridgehead atoms. The summed E-state index contributed by atoms with van der Waals surface area (Å²) in [5, 5.41) is 4.25. The Morgan fingerprint density at radius 1 is 1.53 bits per heavy atom. The molecule has 6 heteroatoms. The summed E-state index contributed by atoms with van der Waals surface area (Å²) >= 11 is 3.40. The van der Waals surface area contributed by atoms with Crippen LogP contribution in [0.25, 0.3) is 0 Å². The van der Waals surface area contributed by atoms with Crippen LogP contribution in [0.3, 0.4) is 0 Å². The van der Waals surface area contributed by atoms with Crippen molar-refractivity contribution in [2.75, 3.05) is 27.7 Å². The molecule has 0 saturated heterocycles. The van der Waals surface area contributed by atoms with Crippen molar-refractivity contribution in [1.82, 2.24) is 14.7 Å². The van der Waals surface area contributed by atoms with Crippen molar-refractivity contribution >= 4 is 21.7 Å². The van der Waals surface area contributed by atoms with E-state index in [1.54, 1.807) is 18.0 Å². The van der Waals surface area contributed by atoms with Gasteiger partial charge in [-0.3, -0.25) is 9.48 Å². The van der Waals surface area contributed by atoms with Crippen molar-refractivity contribution in [3.8, 4) is 0 Å². The highest BCUT2D eigenvalue weighted by molar-refractivity contribution is 9.10. The van der Waals surface area contributed by atoms with Crippen LogP contribution in [-0.4, -0.2) is 53.8 Å². The van der Waals surface area contributed by atoms with E-state index in [0.29, 0.717) is 18.7 Å². The number of rotatable bonds is 7. The summed E-state index contributed by atoms with van der Waals surface area (Å²) in [7, 11) is 5.60. The molecule has 0 fully saturated rings. The number of aromatic nitrogens is 2. The molecule has 0 aliphatic carbocycles. The number of hydrogen-bond acceptors (Lipinski definition) is 4. The van der Waals surface area contributed by atoms with Crippen LogP contribution in [0.2, 0.25) is 0 Å². The molecule has 1 aromatic heterocycles. The van der Waals surface area contributed by atoms with Gasteiger partial charge in [0.2, 0.25) is 0 Å². The Balaban J connectivity index is 2.87. The SMILES string of the molecule is COC(C)(C)CC(=O)c1c(Br)cnn1CCN(C)C. The Kier molecular flexibility index (Phi) is 5.70. The second-order valence-corrected chi connectivity index (χ2v) is 6.29. The molecule has 0 saturated carbocycles. The van der Waals surface area contributed by atoms with E-state index in [-0.39, 0.29) is 5.78 Å². The lowest BCUT2D eigenvalue weighted by Gasteiger charge is -2.22. The number of ketones is 1. The molecule has 5 nitrogen and oxygen atoms in total. The lowest BCUT2D eigenvalue weighted by Crippen LogP contribution is -2.28. The second-order valence-electron chi connectivity index (χ2n) is 5.43. The lowest BCUT2D eigenvalue weighted by molar-refractivity contribution is 0.0168. The maximum atomic E-state index is 12.4. The molecule has 0 atom stereocenters. The minimum atomic E-state index is -0.465. The lowest BCUT2D eigenvalue weighted by atomic mass is 10.00. The fourth-order valence-electron chi connectivity index (χ4n) is 1.65. The van der Waals surface area contributed by atoms with Crippen LogP contribution in [0.5, 0.6) is 0 Å². The zero-order valence-corrected chi connectivity index (χ0v) is 13.8. The van der Waals surface area contributed by atoms with Crippen LogP contribution in [0.1, 0.15) is 30.8 Å². The Hall–Kier alpha value is -0.720. The van der Waals surface area contributed by atoms with Crippen LogP contribution in [0.15, 0.2) is 10.7 Å². The van der Waals surface area contributed by atoms with Crippen molar-refractivity contribution in [2.45, 2.75) is 32.4 Å². The highest BCUT2D eigenvalue weighted by Gasteiger charge is 2.26. The van der Waals surface area contributed by atoms with E-state index in [9.17, 15) is 4.79 Å². The van der Waals surface area contributed by atoms with Crippen molar-refractivity contribution in [2.24, 2.45) is 0 Å². The molecule has 0 spiro atoms. The molecule has 0 aliphatic rings. The predicted octanol–water partition coefficient (Wildman–Crippen LogP) is 2.21. The van der Waals surface area contributed by atoms with Crippen LogP contribution < -0.4 is 0 Å². The average Bonchev–Trinajstić information content (AvgIpc) is 2.67. The van der Waals surface area contributed by atoms with E-state index in [1.165, 1.54) is 0 Å². The maximum Gasteiger partial charge on any atom is 0.184 e. The molecule has 0 N–H and O–H groups in total. The number of nitrogens with zero attached hydrogens (tertiary/aromatic N) is 3. The molecule has 19 heavy (non-hydrogen) atoms. The van der Waals surface area contributed by atoms with Crippen molar-refractivity contribution < 1.29 is 9.53 Å². The summed E-state index contributed by atoms with van der Waals surface area (Å²) in [5.74, 6) is 0.0370. The van der Waals surface area contributed by atoms with Crippen LogP contribution in [0.4, 0.5) is 0 Å². The Bertz CT molecular complexity index is 441. The Labute approximate surface area is 123 Å². The molecule has 0 amide bonds. The molecular formula is C13H22BrN3O2. The normalized spacial score (nSPS) is 12.2. The van der Waals surface area contributed by atoms with Gasteiger partial charge in [-0.15, -0.1) is 0 Å². The molecule has 0 radical (unpaired) electrons. The van der Waals surface area contributed by atoms with Gasteiger partial charge in [0, 0.05) is 20.1 Å². The number of ether oxygens (including phenoxy) is 1. The van der Waals surface area contributed by atoms with Crippen molar-refractivity contribution in [3.05, 3.63) is 16.4 Å². The monoisotopic (exact) mass is 331 g/mol. The molecule has 1 heterocycles. The van der Waals surface area contributed by atoms with E-state index in [2.05, 4.69) is 25.9 Å². The Morgan fingerprint density at radius 3 is 2.68 bits per heavy atom. The first-order chi connectivity index (χ1) is 8.76. The molecular weight excluding hydrogens is 310 g/mol. The minimum absolute atomic E-state index is 0.0370. The third kappa shape index (κ3) is 4.71. The zero-order valence-electron chi connectivity index (χ0n) is 12.2. The third-order valence-electron chi connectivity index (χ3n) is 2.96. The smallest absolute Gasteiger partial charge is 0.184 e. The Morgan fingerprint density at radius 2 is 2.16 bits per heavy atom. The van der Waals surface area contributed by atoms with Crippen molar-refractivity contribution in [1.29, 1.82) is 0 Å².